The zero-order valence-corrected chi connectivity index (χ0v) is 13.4. The van der Waals surface area contributed by atoms with E-state index in [4.69, 9.17) is 16.3 Å². The van der Waals surface area contributed by atoms with Gasteiger partial charge >= 0.3 is 0 Å². The molecule has 2 rings (SSSR count). The van der Waals surface area contributed by atoms with Crippen molar-refractivity contribution in [2.24, 2.45) is 0 Å². The number of nitro groups is 1. The van der Waals surface area contributed by atoms with Gasteiger partial charge in [-0.05, 0) is 24.3 Å². The molecule has 0 unspecified atom stereocenters. The molecule has 5 nitrogen and oxygen atoms in total. The lowest BCUT2D eigenvalue weighted by Crippen LogP contribution is -2.03. The molecule has 0 bridgehead atoms. The number of hydrogen-bond acceptors (Lipinski definition) is 4. The summed E-state index contributed by atoms with van der Waals surface area (Å²) in [5.41, 5.74) is 1.35. The van der Waals surface area contributed by atoms with E-state index in [0.717, 1.165) is 10.2 Å². The first-order valence-electron chi connectivity index (χ1n) is 6.01. The molecule has 0 amide bonds. The van der Waals surface area contributed by atoms with Gasteiger partial charge in [0.05, 0.1) is 12.0 Å². The molecule has 0 aliphatic heterocycles. The van der Waals surface area contributed by atoms with Crippen LogP contribution in [0.2, 0.25) is 5.02 Å². The van der Waals surface area contributed by atoms with E-state index in [2.05, 4.69) is 21.2 Å². The molecular weight excluding hydrogens is 360 g/mol. The molecule has 0 atom stereocenters. The van der Waals surface area contributed by atoms with Crippen LogP contribution in [0, 0.1) is 10.1 Å². The Morgan fingerprint density at radius 2 is 2.10 bits per heavy atom. The van der Waals surface area contributed by atoms with Gasteiger partial charge in [-0.15, -0.1) is 0 Å². The molecule has 0 heterocycles. The Hall–Kier alpha value is -1.79. The van der Waals surface area contributed by atoms with Crippen LogP contribution >= 0.6 is 27.5 Å². The van der Waals surface area contributed by atoms with Crippen LogP contribution in [0.4, 0.5) is 11.4 Å². The van der Waals surface area contributed by atoms with Crippen molar-refractivity contribution >= 4 is 38.9 Å². The third-order valence-electron chi connectivity index (χ3n) is 2.83. The minimum Gasteiger partial charge on any atom is -0.497 e. The molecule has 0 aliphatic carbocycles. The van der Waals surface area contributed by atoms with Crippen LogP contribution in [0.1, 0.15) is 5.56 Å². The van der Waals surface area contributed by atoms with Gasteiger partial charge < -0.3 is 10.1 Å². The zero-order valence-electron chi connectivity index (χ0n) is 11.1. The highest BCUT2D eigenvalue weighted by atomic mass is 79.9. The normalized spacial score (nSPS) is 10.2. The van der Waals surface area contributed by atoms with Crippen molar-refractivity contribution in [2.45, 2.75) is 6.54 Å². The molecule has 1 N–H and O–H groups in total. The molecule has 110 valence electrons. The fourth-order valence-electron chi connectivity index (χ4n) is 1.84. The van der Waals surface area contributed by atoms with E-state index in [9.17, 15) is 10.1 Å². The average Bonchev–Trinajstić information content (AvgIpc) is 2.45. The second kappa shape index (κ2) is 6.78. The van der Waals surface area contributed by atoms with E-state index in [1.165, 1.54) is 6.07 Å². The Morgan fingerprint density at radius 1 is 1.33 bits per heavy atom. The van der Waals surface area contributed by atoms with Gasteiger partial charge in [-0.25, -0.2) is 0 Å². The van der Waals surface area contributed by atoms with Crippen molar-refractivity contribution in [3.8, 4) is 5.75 Å². The van der Waals surface area contributed by atoms with Crippen molar-refractivity contribution in [3.63, 3.8) is 0 Å². The van der Waals surface area contributed by atoms with Crippen LogP contribution in [0.15, 0.2) is 40.9 Å². The Morgan fingerprint density at radius 3 is 2.76 bits per heavy atom. The molecule has 0 spiro atoms. The Bertz CT molecular complexity index is 679. The summed E-state index contributed by atoms with van der Waals surface area (Å²) in [5.74, 6) is 0.692. The quantitative estimate of drug-likeness (QED) is 0.614. The lowest BCUT2D eigenvalue weighted by molar-refractivity contribution is -0.385. The molecule has 2 aromatic rings. The smallest absolute Gasteiger partial charge is 0.275 e. The SMILES string of the molecule is COc1cc(Br)cc(NCc2ccc(Cl)cc2[N+](=O)[O-])c1. The van der Waals surface area contributed by atoms with Gasteiger partial charge in [-0.3, -0.25) is 10.1 Å². The second-order valence-corrected chi connectivity index (χ2v) is 5.62. The summed E-state index contributed by atoms with van der Waals surface area (Å²) in [5, 5.41) is 14.5. The highest BCUT2D eigenvalue weighted by Crippen LogP contribution is 2.27. The summed E-state index contributed by atoms with van der Waals surface area (Å²) in [6.07, 6.45) is 0. The molecule has 21 heavy (non-hydrogen) atoms. The highest BCUT2D eigenvalue weighted by Gasteiger charge is 2.14. The van der Waals surface area contributed by atoms with Gasteiger partial charge in [0.25, 0.3) is 5.69 Å². The molecule has 0 saturated carbocycles. The van der Waals surface area contributed by atoms with Crippen molar-refractivity contribution < 1.29 is 9.66 Å². The third kappa shape index (κ3) is 4.09. The van der Waals surface area contributed by atoms with E-state index >= 15 is 0 Å². The van der Waals surface area contributed by atoms with E-state index < -0.39 is 4.92 Å². The number of nitro benzene ring substituents is 1. The Kier molecular flexibility index (Phi) is 5.03. The zero-order chi connectivity index (χ0) is 15.4. The Balaban J connectivity index is 2.20. The van der Waals surface area contributed by atoms with Crippen LogP contribution in [-0.4, -0.2) is 12.0 Å². The first-order valence-corrected chi connectivity index (χ1v) is 7.18. The molecule has 0 saturated heterocycles. The number of benzene rings is 2. The maximum atomic E-state index is 11.0. The van der Waals surface area contributed by atoms with Crippen LogP contribution in [-0.2, 0) is 6.54 Å². The summed E-state index contributed by atoms with van der Waals surface area (Å²) in [7, 11) is 1.58. The number of nitrogens with one attached hydrogen (secondary N) is 1. The van der Waals surface area contributed by atoms with Gasteiger partial charge in [0, 0.05) is 39.4 Å². The summed E-state index contributed by atoms with van der Waals surface area (Å²) < 4.78 is 6.03. The third-order valence-corrected chi connectivity index (χ3v) is 3.53. The number of rotatable bonds is 5. The van der Waals surface area contributed by atoms with E-state index in [0.29, 0.717) is 22.9 Å². The monoisotopic (exact) mass is 370 g/mol. The van der Waals surface area contributed by atoms with Gasteiger partial charge in [0.2, 0.25) is 0 Å². The molecule has 7 heteroatoms. The second-order valence-electron chi connectivity index (χ2n) is 4.26. The van der Waals surface area contributed by atoms with Crippen molar-refractivity contribution in [1.29, 1.82) is 0 Å². The van der Waals surface area contributed by atoms with Gasteiger partial charge in [0.15, 0.2) is 0 Å². The number of methoxy groups -OCH3 is 1. The number of halogens is 2. The molecular formula is C14H12BrClN2O3. The summed E-state index contributed by atoms with van der Waals surface area (Å²) >= 11 is 9.17. The Labute approximate surface area is 135 Å². The first-order chi connectivity index (χ1) is 9.99. The van der Waals surface area contributed by atoms with Crippen molar-refractivity contribution in [3.05, 3.63) is 61.6 Å². The maximum Gasteiger partial charge on any atom is 0.275 e. The fourth-order valence-corrected chi connectivity index (χ4v) is 2.47. The average molecular weight is 372 g/mol. The lowest BCUT2D eigenvalue weighted by Gasteiger charge is -2.10. The van der Waals surface area contributed by atoms with Crippen molar-refractivity contribution in [2.75, 3.05) is 12.4 Å². The number of hydrogen-bond donors (Lipinski definition) is 1. The summed E-state index contributed by atoms with van der Waals surface area (Å²) in [4.78, 5) is 10.6. The molecule has 0 radical (unpaired) electrons. The topological polar surface area (TPSA) is 64.4 Å². The van der Waals surface area contributed by atoms with E-state index in [-0.39, 0.29) is 5.69 Å². The van der Waals surface area contributed by atoms with Crippen LogP contribution in [0.25, 0.3) is 0 Å². The van der Waals surface area contributed by atoms with E-state index in [1.807, 2.05) is 18.2 Å². The summed E-state index contributed by atoms with van der Waals surface area (Å²) in [6, 6.07) is 10.1. The predicted molar refractivity (Wildman–Crippen MR) is 86.1 cm³/mol. The van der Waals surface area contributed by atoms with Gasteiger partial charge in [-0.1, -0.05) is 27.5 Å². The standard InChI is InChI=1S/C14H12BrClN2O3/c1-21-13-5-10(15)4-12(7-13)17-8-9-2-3-11(16)6-14(9)18(19)20/h2-7,17H,8H2,1H3. The molecule has 0 aromatic heterocycles. The number of ether oxygens (including phenoxy) is 1. The predicted octanol–water partition coefficient (Wildman–Crippen LogP) is 4.63. The van der Waals surface area contributed by atoms with Crippen LogP contribution in [0.5, 0.6) is 5.75 Å². The van der Waals surface area contributed by atoms with Gasteiger partial charge in [-0.2, -0.15) is 0 Å². The minimum absolute atomic E-state index is 0.00281. The van der Waals surface area contributed by atoms with Crippen LogP contribution in [0.3, 0.4) is 0 Å². The maximum absolute atomic E-state index is 11.0. The van der Waals surface area contributed by atoms with E-state index in [1.54, 1.807) is 19.2 Å². The minimum atomic E-state index is -0.440. The molecule has 0 aliphatic rings. The first kappa shape index (κ1) is 15.6. The number of anilines is 1. The van der Waals surface area contributed by atoms with Gasteiger partial charge in [0.1, 0.15) is 5.75 Å². The highest BCUT2D eigenvalue weighted by molar-refractivity contribution is 9.10. The number of nitrogens with zero attached hydrogens (tertiary/aromatic N) is 1. The fraction of sp³-hybridized carbons (Fsp3) is 0.143. The summed E-state index contributed by atoms with van der Waals surface area (Å²) in [6.45, 7) is 0.313. The molecule has 2 aromatic carbocycles. The van der Waals surface area contributed by atoms with Crippen molar-refractivity contribution in [1.82, 2.24) is 0 Å². The molecule has 0 fully saturated rings. The largest absolute Gasteiger partial charge is 0.497 e. The lowest BCUT2D eigenvalue weighted by atomic mass is 10.1. The van der Waals surface area contributed by atoms with Crippen LogP contribution < -0.4 is 10.1 Å².